The van der Waals surface area contributed by atoms with E-state index in [0.717, 1.165) is 41.5 Å². The molecule has 0 aromatic heterocycles. The zero-order valence-electron chi connectivity index (χ0n) is 17.0. The average molecular weight is 419 g/mol. The molecule has 2 aliphatic heterocycles. The van der Waals surface area contributed by atoms with Gasteiger partial charge in [0.15, 0.2) is 11.5 Å². The summed E-state index contributed by atoms with van der Waals surface area (Å²) in [5.74, 6) is 0.566. The van der Waals surface area contributed by atoms with Crippen molar-refractivity contribution in [1.29, 1.82) is 0 Å². The van der Waals surface area contributed by atoms with Gasteiger partial charge in [-0.05, 0) is 61.7 Å². The van der Waals surface area contributed by atoms with Gasteiger partial charge in [-0.1, -0.05) is 13.0 Å². The summed E-state index contributed by atoms with van der Waals surface area (Å²) in [6.45, 7) is 5.20. The summed E-state index contributed by atoms with van der Waals surface area (Å²) in [5, 5.41) is -0.419. The second-order valence-corrected chi connectivity index (χ2v) is 8.10. The Morgan fingerprint density at radius 1 is 1.24 bits per heavy atom. The summed E-state index contributed by atoms with van der Waals surface area (Å²) in [6, 6.07) is 5.36. The number of methoxy groups -OCH3 is 1. The minimum atomic E-state index is -0.438. The number of nitrogens with zero attached hydrogens (tertiary/aromatic N) is 2. The molecule has 7 nitrogen and oxygen atoms in total. The fourth-order valence-electron chi connectivity index (χ4n) is 3.16. The summed E-state index contributed by atoms with van der Waals surface area (Å²) >= 11 is 0.849. The summed E-state index contributed by atoms with van der Waals surface area (Å²) in [5.41, 5.74) is 0.717. The van der Waals surface area contributed by atoms with Crippen LogP contribution in [0.3, 0.4) is 0 Å². The maximum Gasteiger partial charge on any atom is 0.294 e. The van der Waals surface area contributed by atoms with E-state index >= 15 is 0 Å². The molecule has 29 heavy (non-hydrogen) atoms. The van der Waals surface area contributed by atoms with Crippen molar-refractivity contribution in [3.05, 3.63) is 28.7 Å². The molecule has 1 aromatic rings. The number of likely N-dealkylation sites (tertiary alicyclic amines) is 1. The number of carbonyl (C=O) groups is 3. The lowest BCUT2D eigenvalue weighted by molar-refractivity contribution is -0.135. The zero-order valence-corrected chi connectivity index (χ0v) is 17.8. The van der Waals surface area contributed by atoms with Gasteiger partial charge in [0.1, 0.15) is 6.54 Å². The fourth-order valence-corrected chi connectivity index (χ4v) is 4.00. The highest BCUT2D eigenvalue weighted by Crippen LogP contribution is 2.35. The van der Waals surface area contributed by atoms with Crippen molar-refractivity contribution >= 4 is 34.9 Å². The summed E-state index contributed by atoms with van der Waals surface area (Å²) in [6.07, 6.45) is 4.49. The number of rotatable bonds is 7. The molecule has 2 saturated heterocycles. The van der Waals surface area contributed by atoms with Crippen LogP contribution in [-0.2, 0) is 9.59 Å². The molecule has 2 aliphatic rings. The standard InChI is InChI=1S/C21H26N2O5S/c1-4-14(2)28-16-8-7-15(11-17(16)27-3)12-18-20(25)23(21(26)29-18)13-19(24)22-9-5-6-10-22/h7-8,11-12,14H,4-6,9-10,13H2,1-3H3/b18-12-/t14-/m0/s1. The minimum Gasteiger partial charge on any atom is -0.493 e. The van der Waals surface area contributed by atoms with Gasteiger partial charge in [0, 0.05) is 13.1 Å². The van der Waals surface area contributed by atoms with Gasteiger partial charge in [-0.25, -0.2) is 0 Å². The molecule has 0 radical (unpaired) electrons. The van der Waals surface area contributed by atoms with Crippen molar-refractivity contribution in [3.63, 3.8) is 0 Å². The van der Waals surface area contributed by atoms with Crippen LogP contribution in [0.2, 0.25) is 0 Å². The number of carbonyl (C=O) groups excluding carboxylic acids is 3. The zero-order chi connectivity index (χ0) is 21.0. The lowest BCUT2D eigenvalue weighted by atomic mass is 10.1. The fraction of sp³-hybridized carbons (Fsp3) is 0.476. The molecule has 1 atom stereocenters. The summed E-state index contributed by atoms with van der Waals surface area (Å²) in [4.78, 5) is 40.3. The van der Waals surface area contributed by atoms with E-state index in [1.165, 1.54) is 0 Å². The highest BCUT2D eigenvalue weighted by molar-refractivity contribution is 8.18. The molecule has 0 aliphatic carbocycles. The van der Waals surface area contributed by atoms with Crippen LogP contribution in [0.25, 0.3) is 6.08 Å². The van der Waals surface area contributed by atoms with Crippen molar-refractivity contribution in [3.8, 4) is 11.5 Å². The molecule has 3 rings (SSSR count). The highest BCUT2D eigenvalue weighted by atomic mass is 32.2. The first-order chi connectivity index (χ1) is 13.9. The molecule has 3 amide bonds. The van der Waals surface area contributed by atoms with E-state index in [4.69, 9.17) is 9.47 Å². The molecular formula is C21H26N2O5S. The van der Waals surface area contributed by atoms with Gasteiger partial charge in [0.25, 0.3) is 11.1 Å². The highest BCUT2D eigenvalue weighted by Gasteiger charge is 2.37. The normalized spacial score (nSPS) is 19.2. The third-order valence-electron chi connectivity index (χ3n) is 5.01. The number of ether oxygens (including phenoxy) is 2. The van der Waals surface area contributed by atoms with Crippen LogP contribution < -0.4 is 9.47 Å². The third kappa shape index (κ3) is 4.93. The third-order valence-corrected chi connectivity index (χ3v) is 5.92. The average Bonchev–Trinajstić information content (AvgIpc) is 3.34. The SMILES string of the molecule is CC[C@H](C)Oc1ccc(/C=C2\SC(=O)N(CC(=O)N3CCCC3)C2=O)cc1OC. The lowest BCUT2D eigenvalue weighted by Crippen LogP contribution is -2.40. The van der Waals surface area contributed by atoms with Gasteiger partial charge in [-0.3, -0.25) is 19.3 Å². The Morgan fingerprint density at radius 3 is 2.62 bits per heavy atom. The quantitative estimate of drug-likeness (QED) is 0.631. The Morgan fingerprint density at radius 2 is 1.97 bits per heavy atom. The Kier molecular flexibility index (Phi) is 6.84. The van der Waals surface area contributed by atoms with Crippen LogP contribution >= 0.6 is 11.8 Å². The molecule has 2 heterocycles. The first-order valence-corrected chi connectivity index (χ1v) is 10.6. The van der Waals surface area contributed by atoms with Crippen LogP contribution in [0.15, 0.2) is 23.1 Å². The van der Waals surface area contributed by atoms with Crippen LogP contribution in [0.1, 0.15) is 38.7 Å². The number of imide groups is 1. The number of hydrogen-bond donors (Lipinski definition) is 0. The van der Waals surface area contributed by atoms with Gasteiger partial charge < -0.3 is 14.4 Å². The molecule has 0 unspecified atom stereocenters. The van der Waals surface area contributed by atoms with Gasteiger partial charge in [0.2, 0.25) is 5.91 Å². The largest absolute Gasteiger partial charge is 0.493 e. The van der Waals surface area contributed by atoms with Crippen LogP contribution in [-0.4, -0.2) is 59.7 Å². The molecule has 0 N–H and O–H groups in total. The number of amides is 3. The molecular weight excluding hydrogens is 392 g/mol. The van der Waals surface area contributed by atoms with Crippen molar-refractivity contribution in [2.24, 2.45) is 0 Å². The molecule has 0 spiro atoms. The molecule has 2 fully saturated rings. The summed E-state index contributed by atoms with van der Waals surface area (Å²) in [7, 11) is 1.56. The number of thioether (sulfide) groups is 1. The molecule has 1 aromatic carbocycles. The number of hydrogen-bond acceptors (Lipinski definition) is 6. The van der Waals surface area contributed by atoms with Crippen molar-refractivity contribution in [2.45, 2.75) is 39.2 Å². The topological polar surface area (TPSA) is 76.2 Å². The smallest absolute Gasteiger partial charge is 0.294 e. The van der Waals surface area contributed by atoms with E-state index in [2.05, 4.69) is 0 Å². The molecule has 8 heteroatoms. The van der Waals surface area contributed by atoms with E-state index in [0.29, 0.717) is 29.5 Å². The monoisotopic (exact) mass is 418 g/mol. The van der Waals surface area contributed by atoms with Crippen LogP contribution in [0.4, 0.5) is 4.79 Å². The lowest BCUT2D eigenvalue weighted by Gasteiger charge is -2.18. The second kappa shape index (κ2) is 9.35. The van der Waals surface area contributed by atoms with E-state index in [1.54, 1.807) is 30.2 Å². The van der Waals surface area contributed by atoms with Crippen LogP contribution in [0.5, 0.6) is 11.5 Å². The Hall–Kier alpha value is -2.48. The predicted molar refractivity (Wildman–Crippen MR) is 112 cm³/mol. The van der Waals surface area contributed by atoms with Crippen molar-refractivity contribution < 1.29 is 23.9 Å². The van der Waals surface area contributed by atoms with E-state index in [-0.39, 0.29) is 18.6 Å². The Labute approximate surface area is 175 Å². The first kappa shape index (κ1) is 21.2. The van der Waals surface area contributed by atoms with Gasteiger partial charge >= 0.3 is 0 Å². The Balaban J connectivity index is 1.73. The first-order valence-electron chi connectivity index (χ1n) is 9.80. The second-order valence-electron chi connectivity index (χ2n) is 7.10. The predicted octanol–water partition coefficient (Wildman–Crippen LogP) is 3.53. The minimum absolute atomic E-state index is 0.0550. The van der Waals surface area contributed by atoms with Crippen molar-refractivity contribution in [1.82, 2.24) is 9.80 Å². The van der Waals surface area contributed by atoms with E-state index < -0.39 is 11.1 Å². The van der Waals surface area contributed by atoms with Gasteiger partial charge in [-0.2, -0.15) is 0 Å². The maximum atomic E-state index is 12.7. The van der Waals surface area contributed by atoms with Crippen LogP contribution in [0, 0.1) is 0 Å². The molecule has 0 bridgehead atoms. The Bertz CT molecular complexity index is 832. The van der Waals surface area contributed by atoms with E-state index in [1.807, 2.05) is 19.9 Å². The summed E-state index contributed by atoms with van der Waals surface area (Å²) < 4.78 is 11.2. The maximum absolute atomic E-state index is 12.7. The molecule has 0 saturated carbocycles. The van der Waals surface area contributed by atoms with Gasteiger partial charge in [-0.15, -0.1) is 0 Å². The number of benzene rings is 1. The van der Waals surface area contributed by atoms with Gasteiger partial charge in [0.05, 0.1) is 18.1 Å². The van der Waals surface area contributed by atoms with Crippen molar-refractivity contribution in [2.75, 3.05) is 26.7 Å². The molecule has 156 valence electrons. The van der Waals surface area contributed by atoms with E-state index in [9.17, 15) is 14.4 Å².